The van der Waals surface area contributed by atoms with E-state index in [-0.39, 0.29) is 12.1 Å². The van der Waals surface area contributed by atoms with E-state index in [0.717, 1.165) is 15.2 Å². The van der Waals surface area contributed by atoms with Gasteiger partial charge in [0.05, 0.1) is 23.4 Å². The molecule has 1 fully saturated rings. The van der Waals surface area contributed by atoms with Crippen LogP contribution in [0.1, 0.15) is 31.8 Å². The molecule has 7 heteroatoms. The van der Waals surface area contributed by atoms with E-state index in [9.17, 15) is 4.79 Å². The summed E-state index contributed by atoms with van der Waals surface area (Å²) in [6.45, 7) is 7.01. The smallest absolute Gasteiger partial charge is 0.411 e. The van der Waals surface area contributed by atoms with Crippen molar-refractivity contribution in [1.82, 2.24) is 9.88 Å². The molecule has 0 saturated carbocycles. The molecule has 23 heavy (non-hydrogen) atoms. The molecule has 1 atom stereocenters. The third kappa shape index (κ3) is 3.76. The second-order valence-electron chi connectivity index (χ2n) is 6.43. The third-order valence-electron chi connectivity index (χ3n) is 3.41. The third-order valence-corrected chi connectivity index (χ3v) is 4.78. The lowest BCUT2D eigenvalue weighted by Gasteiger charge is -2.35. The molecule has 1 unspecified atom stereocenters. The van der Waals surface area contributed by atoms with E-state index in [1.807, 2.05) is 39.0 Å². The predicted octanol–water partition coefficient (Wildman–Crippen LogP) is 4.26. The Labute approximate surface area is 144 Å². The second kappa shape index (κ2) is 6.26. The highest BCUT2D eigenvalue weighted by Crippen LogP contribution is 2.33. The Kier molecular flexibility index (Phi) is 4.49. The standard InChI is InChI=1S/C16H19ClN2O3S/c1-16(2,3)22-15(20)19-6-7-21-9-12(19)14-18-11-8-10(17)4-5-13(11)23-14/h4-5,8,12H,6-7,9H2,1-3H3. The van der Waals surface area contributed by atoms with Crippen molar-refractivity contribution in [2.75, 3.05) is 19.8 Å². The molecule has 5 nitrogen and oxygen atoms in total. The van der Waals surface area contributed by atoms with Gasteiger partial charge in [0.2, 0.25) is 0 Å². The summed E-state index contributed by atoms with van der Waals surface area (Å²) < 4.78 is 12.1. The lowest BCUT2D eigenvalue weighted by molar-refractivity contribution is -0.0331. The monoisotopic (exact) mass is 354 g/mol. The minimum atomic E-state index is -0.527. The maximum absolute atomic E-state index is 12.5. The first-order chi connectivity index (χ1) is 10.8. The van der Waals surface area contributed by atoms with Gasteiger partial charge < -0.3 is 9.47 Å². The molecular formula is C16H19ClN2O3S. The fourth-order valence-electron chi connectivity index (χ4n) is 2.41. The Balaban J connectivity index is 1.89. The van der Waals surface area contributed by atoms with Gasteiger partial charge in [-0.05, 0) is 39.0 Å². The number of thiazole rings is 1. The average molecular weight is 355 g/mol. The van der Waals surface area contributed by atoms with Crippen molar-refractivity contribution in [3.63, 3.8) is 0 Å². The van der Waals surface area contributed by atoms with Crippen LogP contribution in [0.5, 0.6) is 0 Å². The van der Waals surface area contributed by atoms with Crippen LogP contribution in [0, 0.1) is 0 Å². The number of benzene rings is 1. The molecule has 1 aromatic carbocycles. The van der Waals surface area contributed by atoms with Crippen LogP contribution in [0.3, 0.4) is 0 Å². The zero-order valence-corrected chi connectivity index (χ0v) is 14.9. The Morgan fingerprint density at radius 3 is 3.00 bits per heavy atom. The van der Waals surface area contributed by atoms with E-state index in [1.165, 1.54) is 0 Å². The first kappa shape index (κ1) is 16.5. The lowest BCUT2D eigenvalue weighted by atomic mass is 10.2. The number of rotatable bonds is 1. The number of hydrogen-bond acceptors (Lipinski definition) is 5. The van der Waals surface area contributed by atoms with Gasteiger partial charge in [0.1, 0.15) is 16.7 Å². The van der Waals surface area contributed by atoms with Crippen LogP contribution in [0.2, 0.25) is 5.02 Å². The number of ether oxygens (including phenoxy) is 2. The molecule has 0 bridgehead atoms. The molecule has 1 aliphatic heterocycles. The highest BCUT2D eigenvalue weighted by Gasteiger charge is 2.33. The van der Waals surface area contributed by atoms with Gasteiger partial charge in [-0.2, -0.15) is 0 Å². The van der Waals surface area contributed by atoms with Crippen molar-refractivity contribution in [2.45, 2.75) is 32.4 Å². The fourth-order valence-corrected chi connectivity index (χ4v) is 3.62. The maximum Gasteiger partial charge on any atom is 0.411 e. The van der Waals surface area contributed by atoms with E-state index >= 15 is 0 Å². The van der Waals surface area contributed by atoms with Crippen molar-refractivity contribution in [3.8, 4) is 0 Å². The van der Waals surface area contributed by atoms with Crippen LogP contribution < -0.4 is 0 Å². The summed E-state index contributed by atoms with van der Waals surface area (Å²) in [4.78, 5) is 18.8. The molecule has 124 valence electrons. The lowest BCUT2D eigenvalue weighted by Crippen LogP contribution is -2.45. The van der Waals surface area contributed by atoms with Gasteiger partial charge in [-0.15, -0.1) is 11.3 Å². The van der Waals surface area contributed by atoms with Crippen molar-refractivity contribution in [3.05, 3.63) is 28.2 Å². The number of aromatic nitrogens is 1. The summed E-state index contributed by atoms with van der Waals surface area (Å²) in [5.41, 5.74) is 0.313. The molecule has 3 rings (SSSR count). The molecular weight excluding hydrogens is 336 g/mol. The SMILES string of the molecule is CC(C)(C)OC(=O)N1CCOCC1c1nc2cc(Cl)ccc2s1. The Hall–Kier alpha value is -1.37. The van der Waals surface area contributed by atoms with Crippen LogP contribution in [-0.4, -0.2) is 41.3 Å². The van der Waals surface area contributed by atoms with E-state index < -0.39 is 5.60 Å². The normalized spacial score (nSPS) is 19.1. The number of carbonyl (C=O) groups is 1. The molecule has 2 heterocycles. The fraction of sp³-hybridized carbons (Fsp3) is 0.500. The van der Waals surface area contributed by atoms with Crippen LogP contribution in [0.4, 0.5) is 4.79 Å². The van der Waals surface area contributed by atoms with Crippen LogP contribution >= 0.6 is 22.9 Å². The Morgan fingerprint density at radius 1 is 1.48 bits per heavy atom. The van der Waals surface area contributed by atoms with E-state index in [2.05, 4.69) is 4.98 Å². The number of fused-ring (bicyclic) bond motifs is 1. The summed E-state index contributed by atoms with van der Waals surface area (Å²) in [6, 6.07) is 5.39. The van der Waals surface area contributed by atoms with Gasteiger partial charge >= 0.3 is 6.09 Å². The van der Waals surface area contributed by atoms with Crippen molar-refractivity contribution in [1.29, 1.82) is 0 Å². The summed E-state index contributed by atoms with van der Waals surface area (Å²) in [5.74, 6) is 0. The van der Waals surface area contributed by atoms with Crippen molar-refractivity contribution in [2.24, 2.45) is 0 Å². The number of amides is 1. The van der Waals surface area contributed by atoms with Gasteiger partial charge in [0.15, 0.2) is 0 Å². The topological polar surface area (TPSA) is 51.7 Å². The van der Waals surface area contributed by atoms with Gasteiger partial charge in [-0.25, -0.2) is 9.78 Å². The number of carbonyl (C=O) groups excluding carboxylic acids is 1. The second-order valence-corrected chi connectivity index (χ2v) is 7.93. The molecule has 0 N–H and O–H groups in total. The number of morpholine rings is 1. The van der Waals surface area contributed by atoms with E-state index in [0.29, 0.717) is 24.8 Å². The highest BCUT2D eigenvalue weighted by atomic mass is 35.5. The molecule has 0 aliphatic carbocycles. The molecule has 1 amide bonds. The van der Waals surface area contributed by atoms with E-state index in [4.69, 9.17) is 21.1 Å². The van der Waals surface area contributed by atoms with Crippen molar-refractivity contribution < 1.29 is 14.3 Å². The van der Waals surface area contributed by atoms with Gasteiger partial charge in [0.25, 0.3) is 0 Å². The number of hydrogen-bond donors (Lipinski definition) is 0. The van der Waals surface area contributed by atoms with Gasteiger partial charge in [0, 0.05) is 11.6 Å². The van der Waals surface area contributed by atoms with Gasteiger partial charge in [-0.1, -0.05) is 11.6 Å². The highest BCUT2D eigenvalue weighted by molar-refractivity contribution is 7.18. The van der Waals surface area contributed by atoms with Crippen LogP contribution in [0.25, 0.3) is 10.2 Å². The first-order valence-electron chi connectivity index (χ1n) is 7.47. The molecule has 1 aliphatic rings. The van der Waals surface area contributed by atoms with Crippen LogP contribution in [-0.2, 0) is 9.47 Å². The van der Waals surface area contributed by atoms with Crippen LogP contribution in [0.15, 0.2) is 18.2 Å². The predicted molar refractivity (Wildman–Crippen MR) is 91.1 cm³/mol. The number of nitrogens with zero attached hydrogens (tertiary/aromatic N) is 2. The zero-order valence-electron chi connectivity index (χ0n) is 13.3. The minimum absolute atomic E-state index is 0.227. The molecule has 0 radical (unpaired) electrons. The molecule has 0 spiro atoms. The largest absolute Gasteiger partial charge is 0.444 e. The van der Waals surface area contributed by atoms with Crippen molar-refractivity contribution >= 4 is 39.2 Å². The van der Waals surface area contributed by atoms with Gasteiger partial charge in [-0.3, -0.25) is 4.90 Å². The Morgan fingerprint density at radius 2 is 2.26 bits per heavy atom. The average Bonchev–Trinajstić information content (AvgIpc) is 2.88. The van der Waals surface area contributed by atoms with E-state index in [1.54, 1.807) is 16.2 Å². The summed E-state index contributed by atoms with van der Waals surface area (Å²) in [7, 11) is 0. The molecule has 1 aromatic heterocycles. The summed E-state index contributed by atoms with van der Waals surface area (Å²) in [5, 5.41) is 1.49. The first-order valence-corrected chi connectivity index (χ1v) is 8.66. The summed E-state index contributed by atoms with van der Waals surface area (Å²) >= 11 is 7.57. The zero-order chi connectivity index (χ0) is 16.6. The molecule has 1 saturated heterocycles. The summed E-state index contributed by atoms with van der Waals surface area (Å²) in [6.07, 6.45) is -0.330. The quantitative estimate of drug-likeness (QED) is 0.767. The molecule has 2 aromatic rings. The minimum Gasteiger partial charge on any atom is -0.444 e. The number of halogens is 1. The Bertz CT molecular complexity index is 726. The maximum atomic E-state index is 12.5.